The SMILES string of the molecule is CC1OC(C)C(C(=O)Nc2ccc(C#CCN)cc2)C1C. The van der Waals surface area contributed by atoms with Gasteiger partial charge >= 0.3 is 0 Å². The first-order chi connectivity index (χ1) is 10.0. The van der Waals surface area contributed by atoms with Crippen LogP contribution in [0.3, 0.4) is 0 Å². The highest BCUT2D eigenvalue weighted by Gasteiger charge is 2.41. The molecule has 0 bridgehead atoms. The summed E-state index contributed by atoms with van der Waals surface area (Å²) in [6.45, 7) is 6.37. The molecule has 1 aliphatic rings. The quantitative estimate of drug-likeness (QED) is 0.817. The predicted octanol–water partition coefficient (Wildman–Crippen LogP) is 1.99. The molecule has 1 aromatic rings. The lowest BCUT2D eigenvalue weighted by molar-refractivity contribution is -0.121. The third-order valence-electron chi connectivity index (χ3n) is 4.03. The van der Waals surface area contributed by atoms with E-state index in [9.17, 15) is 4.79 Å². The molecule has 1 saturated heterocycles. The van der Waals surface area contributed by atoms with Crippen LogP contribution in [0.1, 0.15) is 26.3 Å². The Morgan fingerprint density at radius 1 is 1.24 bits per heavy atom. The molecule has 1 heterocycles. The molecule has 1 aliphatic heterocycles. The fourth-order valence-corrected chi connectivity index (χ4v) is 2.73. The lowest BCUT2D eigenvalue weighted by Gasteiger charge is -2.18. The van der Waals surface area contributed by atoms with Crippen LogP contribution in [-0.2, 0) is 9.53 Å². The number of ether oxygens (including phenoxy) is 1. The summed E-state index contributed by atoms with van der Waals surface area (Å²) in [6.07, 6.45) is 0.0642. The van der Waals surface area contributed by atoms with Crippen molar-refractivity contribution in [3.05, 3.63) is 29.8 Å². The highest BCUT2D eigenvalue weighted by atomic mass is 16.5. The zero-order chi connectivity index (χ0) is 15.4. The van der Waals surface area contributed by atoms with Gasteiger partial charge in [-0.05, 0) is 44.0 Å². The maximum Gasteiger partial charge on any atom is 0.230 e. The van der Waals surface area contributed by atoms with Gasteiger partial charge in [0.1, 0.15) is 0 Å². The van der Waals surface area contributed by atoms with Crippen molar-refractivity contribution in [2.24, 2.45) is 17.6 Å². The van der Waals surface area contributed by atoms with E-state index in [0.29, 0.717) is 6.54 Å². The number of hydrogen-bond donors (Lipinski definition) is 2. The Morgan fingerprint density at radius 2 is 1.90 bits per heavy atom. The third-order valence-corrected chi connectivity index (χ3v) is 4.03. The number of nitrogens with two attached hydrogens (primary N) is 1. The average Bonchev–Trinajstić information content (AvgIpc) is 2.71. The number of hydrogen-bond acceptors (Lipinski definition) is 3. The van der Waals surface area contributed by atoms with Gasteiger partial charge in [0.15, 0.2) is 0 Å². The van der Waals surface area contributed by atoms with Crippen molar-refractivity contribution >= 4 is 11.6 Å². The molecule has 0 aromatic heterocycles. The molecule has 112 valence electrons. The molecule has 3 N–H and O–H groups in total. The Hall–Kier alpha value is -1.83. The van der Waals surface area contributed by atoms with Gasteiger partial charge in [0, 0.05) is 11.3 Å². The number of benzene rings is 1. The smallest absolute Gasteiger partial charge is 0.230 e. The van der Waals surface area contributed by atoms with Crippen LogP contribution in [0.5, 0.6) is 0 Å². The minimum Gasteiger partial charge on any atom is -0.374 e. The van der Waals surface area contributed by atoms with Gasteiger partial charge in [0.25, 0.3) is 0 Å². The van der Waals surface area contributed by atoms with E-state index in [1.165, 1.54) is 0 Å². The number of amides is 1. The number of anilines is 1. The fourth-order valence-electron chi connectivity index (χ4n) is 2.73. The summed E-state index contributed by atoms with van der Waals surface area (Å²) in [5.41, 5.74) is 7.00. The summed E-state index contributed by atoms with van der Waals surface area (Å²) in [4.78, 5) is 12.4. The Kier molecular flexibility index (Phi) is 5.00. The fraction of sp³-hybridized carbons (Fsp3) is 0.471. The summed E-state index contributed by atoms with van der Waals surface area (Å²) in [6, 6.07) is 7.46. The zero-order valence-corrected chi connectivity index (χ0v) is 12.7. The van der Waals surface area contributed by atoms with E-state index in [1.807, 2.05) is 38.1 Å². The highest BCUT2D eigenvalue weighted by Crippen LogP contribution is 2.32. The Labute approximate surface area is 126 Å². The molecule has 0 saturated carbocycles. The van der Waals surface area contributed by atoms with Crippen molar-refractivity contribution in [1.82, 2.24) is 0 Å². The van der Waals surface area contributed by atoms with Crippen LogP contribution in [-0.4, -0.2) is 24.7 Å². The van der Waals surface area contributed by atoms with Crippen molar-refractivity contribution in [2.45, 2.75) is 33.0 Å². The minimum atomic E-state index is -0.114. The van der Waals surface area contributed by atoms with E-state index in [1.54, 1.807) is 0 Å². The molecule has 0 spiro atoms. The van der Waals surface area contributed by atoms with E-state index in [4.69, 9.17) is 10.5 Å². The third kappa shape index (κ3) is 3.63. The van der Waals surface area contributed by atoms with Crippen LogP contribution in [0, 0.1) is 23.7 Å². The molecular formula is C17H22N2O2. The summed E-state index contributed by atoms with van der Waals surface area (Å²) >= 11 is 0. The van der Waals surface area contributed by atoms with Crippen LogP contribution in [0.15, 0.2) is 24.3 Å². The summed E-state index contributed by atoms with van der Waals surface area (Å²) in [7, 11) is 0. The minimum absolute atomic E-state index is 0.0140. The van der Waals surface area contributed by atoms with E-state index in [2.05, 4.69) is 24.1 Å². The van der Waals surface area contributed by atoms with Gasteiger partial charge in [-0.25, -0.2) is 0 Å². The highest BCUT2D eigenvalue weighted by molar-refractivity contribution is 5.93. The van der Waals surface area contributed by atoms with Crippen molar-refractivity contribution in [3.63, 3.8) is 0 Å². The van der Waals surface area contributed by atoms with Crippen molar-refractivity contribution in [3.8, 4) is 11.8 Å². The second kappa shape index (κ2) is 6.75. The Balaban J connectivity index is 2.03. The zero-order valence-electron chi connectivity index (χ0n) is 12.7. The van der Waals surface area contributed by atoms with Gasteiger partial charge in [-0.2, -0.15) is 0 Å². The van der Waals surface area contributed by atoms with Gasteiger partial charge in [0.05, 0.1) is 24.7 Å². The molecule has 4 nitrogen and oxygen atoms in total. The van der Waals surface area contributed by atoms with Crippen LogP contribution in [0.4, 0.5) is 5.69 Å². The predicted molar refractivity (Wildman–Crippen MR) is 83.7 cm³/mol. The van der Waals surface area contributed by atoms with Crippen LogP contribution in [0.2, 0.25) is 0 Å². The molecule has 21 heavy (non-hydrogen) atoms. The number of carbonyl (C=O) groups excluding carboxylic acids is 1. The molecule has 4 heteroatoms. The van der Waals surface area contributed by atoms with Crippen molar-refractivity contribution < 1.29 is 9.53 Å². The van der Waals surface area contributed by atoms with E-state index >= 15 is 0 Å². The molecular weight excluding hydrogens is 264 g/mol. The topological polar surface area (TPSA) is 64.3 Å². The van der Waals surface area contributed by atoms with Gasteiger partial charge in [-0.15, -0.1) is 0 Å². The molecule has 0 radical (unpaired) electrons. The summed E-state index contributed by atoms with van der Waals surface area (Å²) < 4.78 is 5.72. The lowest BCUT2D eigenvalue weighted by atomic mass is 9.89. The van der Waals surface area contributed by atoms with Crippen LogP contribution >= 0.6 is 0 Å². The number of nitrogens with one attached hydrogen (secondary N) is 1. The van der Waals surface area contributed by atoms with E-state index in [-0.39, 0.29) is 30.0 Å². The summed E-state index contributed by atoms with van der Waals surface area (Å²) in [5, 5.41) is 2.96. The Morgan fingerprint density at radius 3 is 2.43 bits per heavy atom. The summed E-state index contributed by atoms with van der Waals surface area (Å²) in [5.74, 6) is 5.87. The monoisotopic (exact) mass is 286 g/mol. The maximum absolute atomic E-state index is 12.4. The second-order valence-corrected chi connectivity index (χ2v) is 5.50. The molecule has 1 amide bonds. The van der Waals surface area contributed by atoms with Crippen molar-refractivity contribution in [1.29, 1.82) is 0 Å². The number of carbonyl (C=O) groups is 1. The normalized spacial score (nSPS) is 27.8. The molecule has 0 aliphatic carbocycles. The first-order valence-electron chi connectivity index (χ1n) is 7.28. The molecule has 2 rings (SSSR count). The lowest BCUT2D eigenvalue weighted by Crippen LogP contribution is -2.31. The van der Waals surface area contributed by atoms with Crippen molar-refractivity contribution in [2.75, 3.05) is 11.9 Å². The molecule has 4 unspecified atom stereocenters. The molecule has 1 fully saturated rings. The van der Waals surface area contributed by atoms with Gasteiger partial charge in [-0.1, -0.05) is 18.8 Å². The van der Waals surface area contributed by atoms with Gasteiger partial charge in [-0.3, -0.25) is 4.79 Å². The van der Waals surface area contributed by atoms with Gasteiger partial charge in [0.2, 0.25) is 5.91 Å². The standard InChI is InChI=1S/C17H22N2O2/c1-11-12(2)21-13(3)16(11)17(20)19-15-8-6-14(7-9-15)5-4-10-18/h6-9,11-13,16H,10,18H2,1-3H3,(H,19,20). The largest absolute Gasteiger partial charge is 0.374 e. The second-order valence-electron chi connectivity index (χ2n) is 5.50. The first kappa shape index (κ1) is 15.6. The van der Waals surface area contributed by atoms with Gasteiger partial charge < -0.3 is 15.8 Å². The Bertz CT molecular complexity index is 556. The maximum atomic E-state index is 12.4. The number of rotatable bonds is 2. The molecule has 4 atom stereocenters. The molecule has 1 aromatic carbocycles. The van der Waals surface area contributed by atoms with Crippen LogP contribution in [0.25, 0.3) is 0 Å². The first-order valence-corrected chi connectivity index (χ1v) is 7.28. The van der Waals surface area contributed by atoms with Crippen LogP contribution < -0.4 is 11.1 Å². The average molecular weight is 286 g/mol. The van der Waals surface area contributed by atoms with E-state index < -0.39 is 0 Å². The van der Waals surface area contributed by atoms with E-state index in [0.717, 1.165) is 11.3 Å².